The smallest absolute Gasteiger partial charge is 0.369 e. The van der Waals surface area contributed by atoms with E-state index in [4.69, 9.17) is 5.14 Å². The molecule has 0 aliphatic heterocycles. The normalized spacial score (nSPS) is 12.0. The maximum absolute atomic E-state index is 12.6. The zero-order valence-corrected chi connectivity index (χ0v) is 14.2. The van der Waals surface area contributed by atoms with Crippen LogP contribution in [0.3, 0.4) is 0 Å². The molecule has 2 rings (SSSR count). The molecule has 0 saturated heterocycles. The minimum absolute atomic E-state index is 0.0679. The Morgan fingerprint density at radius 1 is 1.15 bits per heavy atom. The average molecular weight is 389 g/mol. The molecule has 0 unspecified atom stereocenters. The van der Waals surface area contributed by atoms with Gasteiger partial charge in [0.2, 0.25) is 10.0 Å². The van der Waals surface area contributed by atoms with Crippen molar-refractivity contribution >= 4 is 21.4 Å². The summed E-state index contributed by atoms with van der Waals surface area (Å²) in [6, 6.07) is 7.55. The van der Waals surface area contributed by atoms with Crippen LogP contribution in [0.1, 0.15) is 11.1 Å². The molecule has 2 aromatic carbocycles. The molecule has 0 atom stereocenters. The summed E-state index contributed by atoms with van der Waals surface area (Å²) in [5.74, 6) is 0. The maximum Gasteiger partial charge on any atom is 0.416 e. The molecule has 0 heterocycles. The van der Waals surface area contributed by atoms with E-state index in [1.54, 1.807) is 0 Å². The molecular weight excluding hydrogens is 375 g/mol. The third kappa shape index (κ3) is 4.49. The predicted octanol–water partition coefficient (Wildman–Crippen LogP) is 2.90. The Morgan fingerprint density at radius 3 is 2.19 bits per heavy atom. The van der Waals surface area contributed by atoms with Gasteiger partial charge in [0.15, 0.2) is 0 Å². The van der Waals surface area contributed by atoms with Crippen LogP contribution in [0.4, 0.5) is 24.5 Å². The molecule has 0 radical (unpaired) electrons. The number of nitro benzene ring substituents is 1. The maximum atomic E-state index is 12.6. The van der Waals surface area contributed by atoms with Crippen LogP contribution in [-0.4, -0.2) is 20.4 Å². The van der Waals surface area contributed by atoms with Crippen LogP contribution in [-0.2, 0) is 22.7 Å². The van der Waals surface area contributed by atoms with E-state index >= 15 is 0 Å². The molecule has 11 heteroatoms. The molecule has 140 valence electrons. The van der Waals surface area contributed by atoms with Crippen molar-refractivity contribution in [1.29, 1.82) is 0 Å². The summed E-state index contributed by atoms with van der Waals surface area (Å²) in [6.45, 7) is 0.0679. The number of nitro groups is 1. The Balaban J connectivity index is 2.35. The Bertz CT molecular complexity index is 928. The van der Waals surface area contributed by atoms with E-state index in [9.17, 15) is 31.7 Å². The number of rotatable bonds is 5. The number of sulfonamides is 1. The highest BCUT2D eigenvalue weighted by molar-refractivity contribution is 7.89. The van der Waals surface area contributed by atoms with Gasteiger partial charge in [0.25, 0.3) is 5.69 Å². The molecule has 0 saturated carbocycles. The topological polar surface area (TPSA) is 107 Å². The largest absolute Gasteiger partial charge is 0.416 e. The van der Waals surface area contributed by atoms with Gasteiger partial charge in [-0.05, 0) is 23.8 Å². The van der Waals surface area contributed by atoms with Crippen LogP contribution in [0.25, 0.3) is 0 Å². The molecule has 7 nitrogen and oxygen atoms in total. The Morgan fingerprint density at radius 2 is 1.73 bits per heavy atom. The fourth-order valence-corrected chi connectivity index (χ4v) is 3.12. The number of hydrogen-bond donors (Lipinski definition) is 1. The van der Waals surface area contributed by atoms with Gasteiger partial charge in [-0.3, -0.25) is 10.1 Å². The summed E-state index contributed by atoms with van der Waals surface area (Å²) in [5.41, 5.74) is -0.664. The number of anilines is 1. The van der Waals surface area contributed by atoms with Gasteiger partial charge in [0, 0.05) is 25.7 Å². The molecule has 26 heavy (non-hydrogen) atoms. The van der Waals surface area contributed by atoms with Crippen LogP contribution < -0.4 is 10.0 Å². The highest BCUT2D eigenvalue weighted by Gasteiger charge is 2.30. The highest BCUT2D eigenvalue weighted by atomic mass is 32.2. The van der Waals surface area contributed by atoms with Crippen LogP contribution in [0.2, 0.25) is 0 Å². The zero-order chi connectivity index (χ0) is 19.7. The van der Waals surface area contributed by atoms with Gasteiger partial charge >= 0.3 is 6.18 Å². The number of nitrogens with zero attached hydrogens (tertiary/aromatic N) is 2. The minimum Gasteiger partial charge on any atom is -0.369 e. The van der Waals surface area contributed by atoms with E-state index in [2.05, 4.69) is 0 Å². The first kappa shape index (κ1) is 19.7. The quantitative estimate of drug-likeness (QED) is 0.625. The summed E-state index contributed by atoms with van der Waals surface area (Å²) in [5, 5.41) is 16.0. The van der Waals surface area contributed by atoms with E-state index in [1.165, 1.54) is 30.1 Å². The van der Waals surface area contributed by atoms with Crippen molar-refractivity contribution in [2.75, 3.05) is 11.9 Å². The molecule has 2 N–H and O–H groups in total. The summed E-state index contributed by atoms with van der Waals surface area (Å²) in [7, 11) is -2.75. The molecular formula is C15H14F3N3O4S. The summed E-state index contributed by atoms with van der Waals surface area (Å²) in [4.78, 5) is 11.1. The molecule has 0 aliphatic carbocycles. The number of benzene rings is 2. The van der Waals surface area contributed by atoms with E-state index in [1.807, 2.05) is 0 Å². The molecule has 2 aromatic rings. The van der Waals surface area contributed by atoms with Crippen LogP contribution in [0.15, 0.2) is 47.4 Å². The predicted molar refractivity (Wildman–Crippen MR) is 88.0 cm³/mol. The molecule has 0 aliphatic rings. The van der Waals surface area contributed by atoms with Crippen molar-refractivity contribution < 1.29 is 26.5 Å². The van der Waals surface area contributed by atoms with Gasteiger partial charge in [0.05, 0.1) is 16.2 Å². The van der Waals surface area contributed by atoms with Crippen LogP contribution in [0.5, 0.6) is 0 Å². The number of halogens is 3. The van der Waals surface area contributed by atoms with Crippen molar-refractivity contribution in [3.05, 3.63) is 63.7 Å². The van der Waals surface area contributed by atoms with Crippen molar-refractivity contribution in [3.63, 3.8) is 0 Å². The summed E-state index contributed by atoms with van der Waals surface area (Å²) >= 11 is 0. The molecule has 0 fully saturated rings. The lowest BCUT2D eigenvalue weighted by Crippen LogP contribution is -2.22. The van der Waals surface area contributed by atoms with Gasteiger partial charge in [-0.25, -0.2) is 13.6 Å². The minimum atomic E-state index is -4.45. The van der Waals surface area contributed by atoms with Gasteiger partial charge in [-0.1, -0.05) is 12.1 Å². The zero-order valence-electron chi connectivity index (χ0n) is 13.4. The second kappa shape index (κ2) is 6.92. The van der Waals surface area contributed by atoms with Crippen LogP contribution >= 0.6 is 0 Å². The van der Waals surface area contributed by atoms with Gasteiger partial charge in [-0.15, -0.1) is 0 Å². The number of hydrogen-bond acceptors (Lipinski definition) is 5. The first-order valence-corrected chi connectivity index (χ1v) is 8.63. The van der Waals surface area contributed by atoms with Crippen molar-refractivity contribution in [2.24, 2.45) is 5.14 Å². The second-order valence-electron chi connectivity index (χ2n) is 5.50. The van der Waals surface area contributed by atoms with Gasteiger partial charge in [-0.2, -0.15) is 13.2 Å². The fourth-order valence-electron chi connectivity index (χ4n) is 2.32. The van der Waals surface area contributed by atoms with E-state index in [0.717, 1.165) is 24.3 Å². The lowest BCUT2D eigenvalue weighted by Gasteiger charge is -2.22. The SMILES string of the molecule is CN(Cc1ccc(C(F)(F)F)cc1)c1ccc([N+](=O)[O-])cc1S(N)(=O)=O. The molecule has 0 bridgehead atoms. The number of primary sulfonamides is 1. The summed E-state index contributed by atoms with van der Waals surface area (Å²) < 4.78 is 61.3. The van der Waals surface area contributed by atoms with Gasteiger partial charge < -0.3 is 4.90 Å². The lowest BCUT2D eigenvalue weighted by molar-refractivity contribution is -0.385. The van der Waals surface area contributed by atoms with E-state index in [-0.39, 0.29) is 12.2 Å². The average Bonchev–Trinajstić information content (AvgIpc) is 2.53. The molecule has 0 aromatic heterocycles. The first-order chi connectivity index (χ1) is 11.9. The second-order valence-corrected chi connectivity index (χ2v) is 7.03. The number of alkyl halides is 3. The molecule has 0 spiro atoms. The van der Waals surface area contributed by atoms with E-state index in [0.29, 0.717) is 5.56 Å². The van der Waals surface area contributed by atoms with Crippen molar-refractivity contribution in [3.8, 4) is 0 Å². The standard InChI is InChI=1S/C15H14F3N3O4S/c1-20(9-10-2-4-11(5-3-10)15(16,17)18)13-7-6-12(21(22)23)8-14(13)26(19,24)25/h2-8H,9H2,1H3,(H2,19,24,25). The lowest BCUT2D eigenvalue weighted by atomic mass is 10.1. The Hall–Kier alpha value is -2.66. The summed E-state index contributed by atoms with van der Waals surface area (Å²) in [6.07, 6.45) is -4.45. The van der Waals surface area contributed by atoms with Gasteiger partial charge in [0.1, 0.15) is 4.90 Å². The highest BCUT2D eigenvalue weighted by Crippen LogP contribution is 2.31. The fraction of sp³-hybridized carbons (Fsp3) is 0.200. The monoisotopic (exact) mass is 389 g/mol. The van der Waals surface area contributed by atoms with Crippen LogP contribution in [0, 0.1) is 10.1 Å². The number of nitrogens with two attached hydrogens (primary N) is 1. The number of non-ortho nitro benzene ring substituents is 1. The van der Waals surface area contributed by atoms with Crippen molar-refractivity contribution in [2.45, 2.75) is 17.6 Å². The molecule has 0 amide bonds. The van der Waals surface area contributed by atoms with E-state index < -0.39 is 37.3 Å². The Labute approximate surface area is 147 Å². The first-order valence-electron chi connectivity index (χ1n) is 7.08. The Kier molecular flexibility index (Phi) is 5.23. The third-order valence-corrected chi connectivity index (χ3v) is 4.51. The van der Waals surface area contributed by atoms with Crippen molar-refractivity contribution in [1.82, 2.24) is 0 Å². The third-order valence-electron chi connectivity index (χ3n) is 3.57.